The van der Waals surface area contributed by atoms with Gasteiger partial charge in [0.15, 0.2) is 5.04 Å². The minimum absolute atomic E-state index is 0.101. The van der Waals surface area contributed by atoms with Crippen molar-refractivity contribution in [1.82, 2.24) is 14.6 Å². The number of carbonyl (C=O) groups excluding carboxylic acids is 2. The van der Waals surface area contributed by atoms with Crippen LogP contribution in [-0.2, 0) is 26.1 Å². The molecule has 9 nitrogen and oxygen atoms in total. The summed E-state index contributed by atoms with van der Waals surface area (Å²) in [6.07, 6.45) is 6.42. The minimum atomic E-state index is -3.77. The average molecular weight is 512 g/mol. The normalized spacial score (nSPS) is 25.5. The van der Waals surface area contributed by atoms with E-state index < -0.39 is 27.5 Å². The molecule has 12 heteroatoms. The van der Waals surface area contributed by atoms with Crippen LogP contribution in [0, 0.1) is 18.8 Å². The van der Waals surface area contributed by atoms with Gasteiger partial charge in [-0.05, 0) is 57.4 Å². The van der Waals surface area contributed by atoms with Crippen molar-refractivity contribution in [3.63, 3.8) is 0 Å². The van der Waals surface area contributed by atoms with Crippen molar-refractivity contribution in [2.75, 3.05) is 19.8 Å². The highest BCUT2D eigenvalue weighted by Gasteiger charge is 2.53. The van der Waals surface area contributed by atoms with Crippen LogP contribution in [0.15, 0.2) is 16.5 Å². The number of aryl methyl sites for hydroxylation is 1. The quantitative estimate of drug-likeness (QED) is 0.560. The average Bonchev–Trinajstić information content (AvgIpc) is 3.15. The van der Waals surface area contributed by atoms with Gasteiger partial charge in [-0.1, -0.05) is 0 Å². The van der Waals surface area contributed by atoms with Gasteiger partial charge in [0.2, 0.25) is 10.0 Å². The number of fused-ring (bicyclic) bond motifs is 1. The second-order valence-electron chi connectivity index (χ2n) is 9.29. The first kappa shape index (κ1) is 23.2. The first-order valence-corrected chi connectivity index (χ1v) is 14.2. The van der Waals surface area contributed by atoms with Crippen LogP contribution in [0.4, 0.5) is 4.79 Å². The highest BCUT2D eigenvalue weighted by atomic mass is 32.3. The molecule has 0 radical (unpaired) electrons. The monoisotopic (exact) mass is 511 g/mol. The number of nitrogens with one attached hydrogen (secondary N) is 1. The van der Waals surface area contributed by atoms with Gasteiger partial charge in [0, 0.05) is 30.9 Å². The zero-order chi connectivity index (χ0) is 23.4. The third kappa shape index (κ3) is 4.68. The zero-order valence-electron chi connectivity index (χ0n) is 18.6. The largest absolute Gasteiger partial charge is 0.501 e. The number of rotatable bonds is 7. The van der Waals surface area contributed by atoms with Crippen molar-refractivity contribution in [1.29, 1.82) is 0 Å². The summed E-state index contributed by atoms with van der Waals surface area (Å²) in [6.45, 7) is 5.60. The predicted octanol–water partition coefficient (Wildman–Crippen LogP) is 2.43. The SMILES string of the molecule is Cc1ncc(CN2C(=O)C3C=C(S(=O)(=O)NC4(C)CC4)SC3=[N+](CC3CCOCC3)C2=O)s1. The number of hydrogen-bond donors (Lipinski definition) is 1. The van der Waals surface area contributed by atoms with E-state index in [-0.39, 0.29) is 22.6 Å². The summed E-state index contributed by atoms with van der Waals surface area (Å²) in [5.41, 5.74) is -0.420. The molecule has 1 aliphatic carbocycles. The molecule has 5 rings (SSSR count). The van der Waals surface area contributed by atoms with Gasteiger partial charge in [-0.3, -0.25) is 0 Å². The van der Waals surface area contributed by atoms with Gasteiger partial charge in [0.1, 0.15) is 16.7 Å². The summed E-state index contributed by atoms with van der Waals surface area (Å²) in [6, 6.07) is -0.398. The van der Waals surface area contributed by atoms with Gasteiger partial charge in [-0.25, -0.2) is 22.9 Å². The number of nitrogens with zero attached hydrogens (tertiary/aromatic N) is 3. The Hall–Kier alpha value is -1.60. The van der Waals surface area contributed by atoms with E-state index in [2.05, 4.69) is 9.71 Å². The lowest BCUT2D eigenvalue weighted by molar-refractivity contribution is -0.448. The highest BCUT2D eigenvalue weighted by Crippen LogP contribution is 2.42. The Morgan fingerprint density at radius 1 is 1.30 bits per heavy atom. The molecule has 0 aromatic carbocycles. The van der Waals surface area contributed by atoms with Crippen molar-refractivity contribution in [3.05, 3.63) is 26.4 Å². The predicted molar refractivity (Wildman–Crippen MR) is 125 cm³/mol. The van der Waals surface area contributed by atoms with Crippen molar-refractivity contribution in [2.24, 2.45) is 11.8 Å². The van der Waals surface area contributed by atoms with Crippen LogP contribution in [0.2, 0.25) is 0 Å². The smallest absolute Gasteiger partial charge is 0.381 e. The van der Waals surface area contributed by atoms with Crippen LogP contribution < -0.4 is 4.72 Å². The Bertz CT molecular complexity index is 1160. The molecule has 1 aromatic rings. The molecule has 0 spiro atoms. The molecule has 1 aromatic heterocycles. The number of aromatic nitrogens is 1. The van der Waals surface area contributed by atoms with Gasteiger partial charge in [-0.15, -0.1) is 11.3 Å². The first-order valence-electron chi connectivity index (χ1n) is 11.1. The molecule has 3 amide bonds. The first-order chi connectivity index (χ1) is 15.7. The molecule has 1 N–H and O–H groups in total. The van der Waals surface area contributed by atoms with Crippen molar-refractivity contribution >= 4 is 50.1 Å². The molecule has 2 fully saturated rings. The van der Waals surface area contributed by atoms with Crippen LogP contribution in [0.3, 0.4) is 0 Å². The number of carbonyl (C=O) groups is 2. The lowest BCUT2D eigenvalue weighted by Crippen LogP contribution is -2.53. The molecule has 0 bridgehead atoms. The van der Waals surface area contributed by atoms with Crippen LogP contribution in [0.5, 0.6) is 0 Å². The van der Waals surface area contributed by atoms with Gasteiger partial charge in [0.05, 0.1) is 16.4 Å². The van der Waals surface area contributed by atoms with E-state index in [1.165, 1.54) is 22.3 Å². The molecule has 1 atom stereocenters. The molecule has 1 saturated heterocycles. The molecule has 1 saturated carbocycles. The van der Waals surface area contributed by atoms with E-state index in [1.807, 2.05) is 13.8 Å². The number of amides is 3. The number of urea groups is 1. The third-order valence-corrected chi connectivity index (χ3v) is 10.7. The lowest BCUT2D eigenvalue weighted by atomic mass is 9.99. The number of thiazole rings is 1. The summed E-state index contributed by atoms with van der Waals surface area (Å²) in [7, 11) is -3.77. The van der Waals surface area contributed by atoms with Gasteiger partial charge < -0.3 is 4.74 Å². The maximum atomic E-state index is 13.5. The second kappa shape index (κ2) is 8.56. The van der Waals surface area contributed by atoms with Crippen LogP contribution in [-0.4, -0.2) is 65.2 Å². The summed E-state index contributed by atoms with van der Waals surface area (Å²) < 4.78 is 36.0. The number of thioether (sulfide) groups is 1. The number of hydrogen-bond acceptors (Lipinski definition) is 8. The maximum Gasteiger partial charge on any atom is 0.501 e. The van der Waals surface area contributed by atoms with Crippen LogP contribution in [0.25, 0.3) is 0 Å². The molecule has 178 valence electrons. The van der Waals surface area contributed by atoms with E-state index in [0.717, 1.165) is 47.3 Å². The van der Waals surface area contributed by atoms with Gasteiger partial charge in [0.25, 0.3) is 0 Å². The van der Waals surface area contributed by atoms with Gasteiger partial charge in [-0.2, -0.15) is 14.3 Å². The Kier molecular flexibility index (Phi) is 6.01. The van der Waals surface area contributed by atoms with E-state index in [4.69, 9.17) is 4.74 Å². The van der Waals surface area contributed by atoms with Crippen molar-refractivity contribution in [2.45, 2.75) is 51.6 Å². The highest BCUT2D eigenvalue weighted by molar-refractivity contribution is 8.27. The standard InChI is InChI=1S/C21H27N4O5S3/c1-13-22-10-15(31-13)12-24-18(26)16-9-17(33(28,29)23-21(2)5-6-21)32-19(16)25(20(24)27)11-14-3-7-30-8-4-14/h9-10,14,16,23H,3-8,11-12H2,1-2H3/q+1. The Morgan fingerprint density at radius 2 is 2.03 bits per heavy atom. The van der Waals surface area contributed by atoms with E-state index >= 15 is 0 Å². The number of ether oxygens (including phenoxy) is 1. The number of imide groups is 1. The van der Waals surface area contributed by atoms with Gasteiger partial charge >= 0.3 is 11.9 Å². The Balaban J connectivity index is 1.48. The van der Waals surface area contributed by atoms with E-state index in [9.17, 15) is 18.0 Å². The van der Waals surface area contributed by atoms with Crippen LogP contribution >= 0.6 is 23.1 Å². The summed E-state index contributed by atoms with van der Waals surface area (Å²) >= 11 is 2.47. The summed E-state index contributed by atoms with van der Waals surface area (Å²) in [5, 5.41) is 1.35. The summed E-state index contributed by atoms with van der Waals surface area (Å²) in [5.74, 6) is -0.930. The molecule has 33 heavy (non-hydrogen) atoms. The minimum Gasteiger partial charge on any atom is -0.381 e. The van der Waals surface area contributed by atoms with Crippen molar-refractivity contribution < 1.29 is 27.3 Å². The Morgan fingerprint density at radius 3 is 2.67 bits per heavy atom. The fourth-order valence-corrected chi connectivity index (χ4v) is 8.10. The molecule has 1 unspecified atom stereocenters. The molecule has 4 heterocycles. The fourth-order valence-electron chi connectivity index (χ4n) is 4.25. The Labute approximate surface area is 201 Å². The third-order valence-electron chi connectivity index (χ3n) is 6.44. The maximum absolute atomic E-state index is 13.5. The van der Waals surface area contributed by atoms with Crippen molar-refractivity contribution in [3.8, 4) is 0 Å². The zero-order valence-corrected chi connectivity index (χ0v) is 21.0. The number of sulfonamides is 1. The lowest BCUT2D eigenvalue weighted by Gasteiger charge is -2.27. The van der Waals surface area contributed by atoms with E-state index in [0.29, 0.717) is 24.8 Å². The molecular weight excluding hydrogens is 484 g/mol. The topological polar surface area (TPSA) is 109 Å². The molecule has 3 aliphatic heterocycles. The fraction of sp³-hybridized carbons (Fsp3) is 0.619. The summed E-state index contributed by atoms with van der Waals surface area (Å²) in [4.78, 5) is 33.2. The molecule has 4 aliphatic rings. The van der Waals surface area contributed by atoms with Crippen LogP contribution in [0.1, 0.15) is 42.5 Å². The second-order valence-corrected chi connectivity index (χ2v) is 13.6. The molecular formula is C21H27N4O5S3+. The van der Waals surface area contributed by atoms with E-state index in [1.54, 1.807) is 10.8 Å².